The first kappa shape index (κ1) is 15.3. The Kier molecular flexibility index (Phi) is 5.59. The lowest BCUT2D eigenvalue weighted by Gasteiger charge is -2.21. The molecule has 0 aliphatic carbocycles. The fourth-order valence-corrected chi connectivity index (χ4v) is 2.41. The van der Waals surface area contributed by atoms with Crippen LogP contribution in [0.15, 0.2) is 30.3 Å². The Morgan fingerprint density at radius 2 is 2.10 bits per heavy atom. The van der Waals surface area contributed by atoms with Crippen LogP contribution in [0.5, 0.6) is 0 Å². The minimum atomic E-state index is 0.587. The second-order valence-electron chi connectivity index (χ2n) is 5.05. The molecule has 0 radical (unpaired) electrons. The zero-order valence-corrected chi connectivity index (χ0v) is 12.9. The van der Waals surface area contributed by atoms with Crippen molar-refractivity contribution in [2.24, 2.45) is 0 Å². The molecule has 0 atom stereocenters. The third-order valence-electron chi connectivity index (χ3n) is 3.52. The van der Waals surface area contributed by atoms with Crippen molar-refractivity contribution in [3.05, 3.63) is 35.9 Å². The molecule has 0 unspecified atom stereocenters. The Bertz CT molecular complexity index is 628. The summed E-state index contributed by atoms with van der Waals surface area (Å²) in [6, 6.07) is 10.4. The molecule has 1 aromatic carbocycles. The highest BCUT2D eigenvalue weighted by Gasteiger charge is 2.09. The predicted molar refractivity (Wildman–Crippen MR) is 90.5 cm³/mol. The highest BCUT2D eigenvalue weighted by molar-refractivity contribution is 5.84. The maximum atomic E-state index is 5.46. The van der Waals surface area contributed by atoms with Gasteiger partial charge in [0.15, 0.2) is 0 Å². The molecule has 2 rings (SSSR count). The van der Waals surface area contributed by atoms with Crippen LogP contribution in [0.2, 0.25) is 0 Å². The second-order valence-corrected chi connectivity index (χ2v) is 5.05. The van der Waals surface area contributed by atoms with Crippen molar-refractivity contribution in [3.8, 4) is 12.3 Å². The van der Waals surface area contributed by atoms with E-state index in [1.807, 2.05) is 6.07 Å². The molecule has 0 saturated carbocycles. The number of benzene rings is 1. The molecule has 0 fully saturated rings. The minimum Gasteiger partial charge on any atom is -0.346 e. The lowest BCUT2D eigenvalue weighted by Crippen LogP contribution is -2.24. The van der Waals surface area contributed by atoms with E-state index < -0.39 is 0 Å². The van der Waals surface area contributed by atoms with E-state index in [4.69, 9.17) is 11.4 Å². The fourth-order valence-electron chi connectivity index (χ4n) is 2.41. The van der Waals surface area contributed by atoms with E-state index in [0.717, 1.165) is 37.4 Å². The average Bonchev–Trinajstić information content (AvgIpc) is 2.52. The van der Waals surface area contributed by atoms with Crippen LogP contribution >= 0.6 is 0 Å². The van der Waals surface area contributed by atoms with E-state index in [9.17, 15) is 0 Å². The number of nitrogens with one attached hydrogen (secondary N) is 1. The summed E-state index contributed by atoms with van der Waals surface area (Å²) in [4.78, 5) is 6.88. The molecule has 2 aromatic rings. The first-order valence-electron chi connectivity index (χ1n) is 7.58. The molecular formula is C18H23N3. The Balaban J connectivity index is 2.41. The summed E-state index contributed by atoms with van der Waals surface area (Å²) in [5.74, 6) is 3.67. The molecule has 21 heavy (non-hydrogen) atoms. The molecule has 3 heteroatoms. The summed E-state index contributed by atoms with van der Waals surface area (Å²) >= 11 is 0. The van der Waals surface area contributed by atoms with E-state index >= 15 is 0 Å². The quantitative estimate of drug-likeness (QED) is 0.624. The standard InChI is InChI=1S/C18H23N3/c1-4-11-19-14-15-13-18(21(6-3)12-5-2)20-17-10-8-7-9-16(15)17/h2,7-10,13,19H,4,6,11-12,14H2,1,3H3. The van der Waals surface area contributed by atoms with Gasteiger partial charge in [0.1, 0.15) is 5.82 Å². The number of aromatic nitrogens is 1. The number of hydrogen-bond donors (Lipinski definition) is 1. The highest BCUT2D eigenvalue weighted by Crippen LogP contribution is 2.23. The molecule has 3 nitrogen and oxygen atoms in total. The number of pyridine rings is 1. The molecule has 0 bridgehead atoms. The van der Waals surface area contributed by atoms with Crippen LogP contribution in [-0.2, 0) is 6.54 Å². The van der Waals surface area contributed by atoms with Crippen molar-refractivity contribution >= 4 is 16.7 Å². The SMILES string of the molecule is C#CCN(CC)c1cc(CNCCC)c2ccccc2n1. The normalized spacial score (nSPS) is 10.5. The molecule has 0 aliphatic rings. The number of fused-ring (bicyclic) bond motifs is 1. The monoisotopic (exact) mass is 281 g/mol. The lowest BCUT2D eigenvalue weighted by atomic mass is 10.1. The lowest BCUT2D eigenvalue weighted by molar-refractivity contribution is 0.677. The van der Waals surface area contributed by atoms with Gasteiger partial charge in [-0.3, -0.25) is 0 Å². The summed E-state index contributed by atoms with van der Waals surface area (Å²) in [5, 5.41) is 4.68. The van der Waals surface area contributed by atoms with Gasteiger partial charge in [0.2, 0.25) is 0 Å². The van der Waals surface area contributed by atoms with Gasteiger partial charge in [0, 0.05) is 18.5 Å². The number of rotatable bonds is 7. The number of terminal acetylenes is 1. The van der Waals surface area contributed by atoms with Crippen LogP contribution < -0.4 is 10.2 Å². The maximum Gasteiger partial charge on any atom is 0.130 e. The largest absolute Gasteiger partial charge is 0.346 e. The van der Waals surface area contributed by atoms with Crippen molar-refractivity contribution in [1.82, 2.24) is 10.3 Å². The number of para-hydroxylation sites is 1. The van der Waals surface area contributed by atoms with Crippen LogP contribution in [0.25, 0.3) is 10.9 Å². The van der Waals surface area contributed by atoms with Gasteiger partial charge < -0.3 is 10.2 Å². The molecule has 0 amide bonds. The van der Waals surface area contributed by atoms with Crippen LogP contribution in [0.4, 0.5) is 5.82 Å². The fraction of sp³-hybridized carbons (Fsp3) is 0.389. The first-order valence-corrected chi connectivity index (χ1v) is 7.58. The number of nitrogens with zero attached hydrogens (tertiary/aromatic N) is 2. The zero-order chi connectivity index (χ0) is 15.1. The van der Waals surface area contributed by atoms with Crippen molar-refractivity contribution in [2.45, 2.75) is 26.8 Å². The van der Waals surface area contributed by atoms with Gasteiger partial charge in [-0.25, -0.2) is 4.98 Å². The van der Waals surface area contributed by atoms with Crippen molar-refractivity contribution in [2.75, 3.05) is 24.5 Å². The summed E-state index contributed by atoms with van der Waals surface area (Å²) in [5.41, 5.74) is 2.30. The van der Waals surface area contributed by atoms with Crippen molar-refractivity contribution in [3.63, 3.8) is 0 Å². The molecule has 0 spiro atoms. The summed E-state index contributed by atoms with van der Waals surface area (Å²) < 4.78 is 0. The molecule has 1 aromatic heterocycles. The van der Waals surface area contributed by atoms with E-state index in [-0.39, 0.29) is 0 Å². The van der Waals surface area contributed by atoms with Crippen LogP contribution in [0, 0.1) is 12.3 Å². The average molecular weight is 281 g/mol. The molecule has 0 aliphatic heterocycles. The zero-order valence-electron chi connectivity index (χ0n) is 12.9. The highest BCUT2D eigenvalue weighted by atomic mass is 15.2. The summed E-state index contributed by atoms with van der Waals surface area (Å²) in [6.07, 6.45) is 6.59. The van der Waals surface area contributed by atoms with E-state index in [0.29, 0.717) is 6.54 Å². The van der Waals surface area contributed by atoms with Gasteiger partial charge in [-0.1, -0.05) is 31.0 Å². The number of anilines is 1. The number of hydrogen-bond acceptors (Lipinski definition) is 3. The smallest absolute Gasteiger partial charge is 0.130 e. The first-order chi connectivity index (χ1) is 10.3. The molecule has 1 heterocycles. The van der Waals surface area contributed by atoms with Gasteiger partial charge >= 0.3 is 0 Å². The van der Waals surface area contributed by atoms with Gasteiger partial charge in [0.25, 0.3) is 0 Å². The maximum absolute atomic E-state index is 5.46. The van der Waals surface area contributed by atoms with Crippen LogP contribution in [-0.4, -0.2) is 24.6 Å². The van der Waals surface area contributed by atoms with E-state index in [1.54, 1.807) is 0 Å². The Hall–Kier alpha value is -2.05. The van der Waals surface area contributed by atoms with Gasteiger partial charge in [-0.05, 0) is 37.6 Å². The van der Waals surface area contributed by atoms with Crippen molar-refractivity contribution < 1.29 is 0 Å². The molecular weight excluding hydrogens is 258 g/mol. The van der Waals surface area contributed by atoms with Gasteiger partial charge in [0.05, 0.1) is 12.1 Å². The topological polar surface area (TPSA) is 28.2 Å². The van der Waals surface area contributed by atoms with Gasteiger partial charge in [-0.2, -0.15) is 0 Å². The summed E-state index contributed by atoms with van der Waals surface area (Å²) in [6.45, 7) is 7.60. The second kappa shape index (κ2) is 7.66. The Morgan fingerprint density at radius 1 is 1.29 bits per heavy atom. The Morgan fingerprint density at radius 3 is 2.81 bits per heavy atom. The third kappa shape index (κ3) is 3.74. The third-order valence-corrected chi connectivity index (χ3v) is 3.52. The van der Waals surface area contributed by atoms with Crippen LogP contribution in [0.1, 0.15) is 25.8 Å². The van der Waals surface area contributed by atoms with Gasteiger partial charge in [-0.15, -0.1) is 6.42 Å². The Labute approximate surface area is 127 Å². The molecule has 110 valence electrons. The minimum absolute atomic E-state index is 0.587. The molecule has 0 saturated heterocycles. The van der Waals surface area contributed by atoms with E-state index in [1.165, 1.54) is 10.9 Å². The summed E-state index contributed by atoms with van der Waals surface area (Å²) in [7, 11) is 0. The molecule has 1 N–H and O–H groups in total. The van der Waals surface area contributed by atoms with Crippen molar-refractivity contribution in [1.29, 1.82) is 0 Å². The van der Waals surface area contributed by atoms with Crippen LogP contribution in [0.3, 0.4) is 0 Å². The van der Waals surface area contributed by atoms with E-state index in [2.05, 4.69) is 54.3 Å². The predicted octanol–water partition coefficient (Wildman–Crippen LogP) is 3.19.